The molecule has 0 aromatic rings. The smallest absolute Gasteiger partial charge is 0.0848 e. The van der Waals surface area contributed by atoms with Crippen LogP contribution in [-0.4, -0.2) is 46.0 Å². The first-order valence-electron chi connectivity index (χ1n) is 9.13. The number of hydrogen-bond acceptors (Lipinski definition) is 6. The van der Waals surface area contributed by atoms with Gasteiger partial charge in [0.25, 0.3) is 0 Å². The molecular formula is C18H37N3S3. The van der Waals surface area contributed by atoms with E-state index in [4.69, 9.17) is 5.73 Å². The topological polar surface area (TPSA) is 41.6 Å². The molecule has 1 rings (SSSR count). The van der Waals surface area contributed by atoms with Gasteiger partial charge in [-0.1, -0.05) is 41.5 Å². The van der Waals surface area contributed by atoms with Crippen molar-refractivity contribution in [2.45, 2.75) is 77.3 Å². The average molecular weight is 392 g/mol. The Hall–Kier alpha value is 0.640. The molecule has 0 saturated carbocycles. The van der Waals surface area contributed by atoms with Crippen molar-refractivity contribution in [1.29, 1.82) is 0 Å². The second-order valence-electron chi connectivity index (χ2n) is 8.02. The summed E-state index contributed by atoms with van der Waals surface area (Å²) in [6, 6.07) is 0.226. The number of hydrogen-bond donors (Lipinski definition) is 1. The van der Waals surface area contributed by atoms with Crippen LogP contribution in [0.4, 0.5) is 0 Å². The third-order valence-electron chi connectivity index (χ3n) is 4.41. The van der Waals surface area contributed by atoms with Crippen LogP contribution < -0.4 is 5.73 Å². The maximum Gasteiger partial charge on any atom is 0.0848 e. The zero-order valence-electron chi connectivity index (χ0n) is 16.5. The van der Waals surface area contributed by atoms with Crippen LogP contribution in [0.5, 0.6) is 0 Å². The quantitative estimate of drug-likeness (QED) is 0.262. The minimum absolute atomic E-state index is 0.0397. The molecule has 2 atom stereocenters. The van der Waals surface area contributed by atoms with E-state index in [1.165, 1.54) is 31.0 Å². The van der Waals surface area contributed by atoms with E-state index in [-0.39, 0.29) is 11.5 Å². The Labute approximate surface area is 162 Å². The van der Waals surface area contributed by atoms with Crippen molar-refractivity contribution in [3.8, 4) is 0 Å². The van der Waals surface area contributed by atoms with Crippen LogP contribution >= 0.6 is 33.5 Å². The summed E-state index contributed by atoms with van der Waals surface area (Å²) in [4.78, 5) is 4.60. The lowest BCUT2D eigenvalue weighted by Crippen LogP contribution is -2.36. The zero-order chi connectivity index (χ0) is 18.3. The Morgan fingerprint density at radius 3 is 2.50 bits per heavy atom. The van der Waals surface area contributed by atoms with Gasteiger partial charge in [0, 0.05) is 36.8 Å². The monoisotopic (exact) mass is 391 g/mol. The molecule has 2 N–H and O–H groups in total. The van der Waals surface area contributed by atoms with Crippen LogP contribution in [0.25, 0.3) is 0 Å². The summed E-state index contributed by atoms with van der Waals surface area (Å²) in [7, 11) is 5.64. The average Bonchev–Trinajstić information content (AvgIpc) is 2.46. The number of nitrogens with zero attached hydrogens (tertiary/aromatic N) is 2. The molecule has 0 aliphatic carbocycles. The summed E-state index contributed by atoms with van der Waals surface area (Å²) in [5.74, 6) is 0.510. The predicted molar refractivity (Wildman–Crippen MR) is 117 cm³/mol. The Bertz CT molecular complexity index is 397. The van der Waals surface area contributed by atoms with Gasteiger partial charge in [-0.3, -0.25) is 4.99 Å². The van der Waals surface area contributed by atoms with Crippen LogP contribution in [0.15, 0.2) is 4.99 Å². The van der Waals surface area contributed by atoms with Gasteiger partial charge in [0.15, 0.2) is 0 Å². The highest BCUT2D eigenvalue weighted by Crippen LogP contribution is 2.40. The van der Waals surface area contributed by atoms with E-state index >= 15 is 0 Å². The standard InChI is InChI=1S/C18H37N3S3/c1-13(2)16(19)11-18(5,6)17(20-7)23-24-21-10-8-9-15(12-21)22-14(3)4/h13-16H,8-12,19H2,1-7H3. The lowest BCUT2D eigenvalue weighted by atomic mass is 9.83. The lowest BCUT2D eigenvalue weighted by Gasteiger charge is -2.34. The molecule has 0 bridgehead atoms. The van der Waals surface area contributed by atoms with Gasteiger partial charge in [0.2, 0.25) is 0 Å². The molecule has 2 unspecified atom stereocenters. The highest BCUT2D eigenvalue weighted by molar-refractivity contribution is 8.81. The van der Waals surface area contributed by atoms with Crippen molar-refractivity contribution in [2.75, 3.05) is 20.1 Å². The SMILES string of the molecule is CN=C(SSN1CCCC(SC(C)C)C1)C(C)(C)CC(N)C(C)C. The predicted octanol–water partition coefficient (Wildman–Crippen LogP) is 5.32. The first-order valence-corrected chi connectivity index (χ1v) is 12.2. The fraction of sp³-hybridized carbons (Fsp3) is 0.944. The maximum atomic E-state index is 6.31. The number of aliphatic imine (C=N–C) groups is 1. The summed E-state index contributed by atoms with van der Waals surface area (Å²) in [6.45, 7) is 15.9. The third-order valence-corrected chi connectivity index (χ3v) is 8.57. The third kappa shape index (κ3) is 7.90. The molecule has 0 spiro atoms. The number of piperidine rings is 1. The zero-order valence-corrected chi connectivity index (χ0v) is 19.0. The van der Waals surface area contributed by atoms with Gasteiger partial charge in [-0.2, -0.15) is 11.8 Å². The van der Waals surface area contributed by atoms with Crippen LogP contribution in [0.3, 0.4) is 0 Å². The van der Waals surface area contributed by atoms with Gasteiger partial charge in [0.1, 0.15) is 0 Å². The van der Waals surface area contributed by atoms with E-state index in [2.05, 4.69) is 62.6 Å². The molecule has 6 heteroatoms. The van der Waals surface area contributed by atoms with Crippen LogP contribution in [0.2, 0.25) is 0 Å². The van der Waals surface area contributed by atoms with Crippen molar-refractivity contribution < 1.29 is 0 Å². The van der Waals surface area contributed by atoms with E-state index in [0.29, 0.717) is 5.92 Å². The highest BCUT2D eigenvalue weighted by atomic mass is 33.1. The first kappa shape index (κ1) is 22.7. The Kier molecular flexibility index (Phi) is 10.1. The largest absolute Gasteiger partial charge is 0.327 e. The van der Waals surface area contributed by atoms with Crippen molar-refractivity contribution in [1.82, 2.24) is 4.31 Å². The fourth-order valence-electron chi connectivity index (χ4n) is 2.92. The van der Waals surface area contributed by atoms with E-state index in [9.17, 15) is 0 Å². The van der Waals surface area contributed by atoms with Gasteiger partial charge in [0.05, 0.1) is 5.04 Å². The molecule has 0 amide bonds. The summed E-state index contributed by atoms with van der Waals surface area (Å²) < 4.78 is 2.53. The second kappa shape index (κ2) is 10.7. The fourth-order valence-corrected chi connectivity index (χ4v) is 7.19. The summed E-state index contributed by atoms with van der Waals surface area (Å²) >= 11 is 2.13. The van der Waals surface area contributed by atoms with Crippen LogP contribution in [0.1, 0.15) is 60.8 Å². The Balaban J connectivity index is 2.53. The van der Waals surface area contributed by atoms with Gasteiger partial charge in [-0.05, 0) is 52.2 Å². The number of thioether (sulfide) groups is 1. The van der Waals surface area contributed by atoms with E-state index in [1.54, 1.807) is 0 Å². The van der Waals surface area contributed by atoms with E-state index in [1.807, 2.05) is 28.8 Å². The minimum Gasteiger partial charge on any atom is -0.327 e. The molecule has 0 aromatic carbocycles. The molecule has 3 nitrogen and oxygen atoms in total. The van der Waals surface area contributed by atoms with E-state index in [0.717, 1.165) is 16.9 Å². The van der Waals surface area contributed by atoms with E-state index < -0.39 is 0 Å². The molecular weight excluding hydrogens is 354 g/mol. The molecule has 1 aliphatic heterocycles. The van der Waals surface area contributed by atoms with Crippen molar-refractivity contribution in [2.24, 2.45) is 22.1 Å². The molecule has 0 radical (unpaired) electrons. The van der Waals surface area contributed by atoms with Gasteiger partial charge < -0.3 is 5.73 Å². The van der Waals surface area contributed by atoms with Gasteiger partial charge in [-0.15, -0.1) is 0 Å². The Morgan fingerprint density at radius 2 is 1.96 bits per heavy atom. The highest BCUT2D eigenvalue weighted by Gasteiger charge is 2.30. The molecule has 142 valence electrons. The number of nitrogens with two attached hydrogens (primary N) is 1. The normalized spacial score (nSPS) is 22.4. The number of rotatable bonds is 8. The molecule has 1 saturated heterocycles. The summed E-state index contributed by atoms with van der Waals surface area (Å²) in [5, 5.41) is 2.70. The molecule has 1 heterocycles. The summed E-state index contributed by atoms with van der Waals surface area (Å²) in [5.41, 5.74) is 6.35. The molecule has 0 aromatic heterocycles. The van der Waals surface area contributed by atoms with Gasteiger partial charge >= 0.3 is 0 Å². The Morgan fingerprint density at radius 1 is 1.29 bits per heavy atom. The maximum absolute atomic E-state index is 6.31. The molecule has 1 aliphatic rings. The van der Waals surface area contributed by atoms with Crippen LogP contribution in [-0.2, 0) is 0 Å². The second-order valence-corrected chi connectivity index (χ2v) is 12.1. The van der Waals surface area contributed by atoms with Crippen molar-refractivity contribution in [3.63, 3.8) is 0 Å². The lowest BCUT2D eigenvalue weighted by molar-refractivity contribution is 0.361. The van der Waals surface area contributed by atoms with Crippen LogP contribution in [0, 0.1) is 11.3 Å². The minimum atomic E-state index is 0.0397. The van der Waals surface area contributed by atoms with Crippen molar-refractivity contribution in [3.05, 3.63) is 0 Å². The first-order chi connectivity index (χ1) is 11.2. The summed E-state index contributed by atoms with van der Waals surface area (Å²) in [6.07, 6.45) is 3.64. The molecule has 24 heavy (non-hydrogen) atoms. The van der Waals surface area contributed by atoms with Gasteiger partial charge in [-0.25, -0.2) is 4.31 Å². The van der Waals surface area contributed by atoms with Crippen molar-refractivity contribution >= 4 is 38.6 Å². The molecule has 1 fully saturated rings.